The van der Waals surface area contributed by atoms with E-state index in [1.165, 1.54) is 22.5 Å². The molecule has 0 unspecified atom stereocenters. The predicted molar refractivity (Wildman–Crippen MR) is 102 cm³/mol. The predicted octanol–water partition coefficient (Wildman–Crippen LogP) is 6.45. The fourth-order valence-electron chi connectivity index (χ4n) is 1.97. The Labute approximate surface area is 137 Å². The van der Waals surface area contributed by atoms with Crippen LogP contribution >= 0.6 is 22.9 Å². The Kier molecular flexibility index (Phi) is 6.06. The van der Waals surface area contributed by atoms with Gasteiger partial charge in [-0.3, -0.25) is 2.78 Å². The van der Waals surface area contributed by atoms with E-state index in [0.717, 1.165) is 11.1 Å². The van der Waals surface area contributed by atoms with Gasteiger partial charge in [0.2, 0.25) is 0 Å². The first-order valence-corrected chi connectivity index (χ1v) is 7.82. The van der Waals surface area contributed by atoms with Crippen LogP contribution in [-0.4, -0.2) is 2.78 Å². The minimum absolute atomic E-state index is 0.540. The van der Waals surface area contributed by atoms with E-state index in [1.807, 2.05) is 12.2 Å². The molecule has 0 saturated carbocycles. The molecule has 1 aromatic rings. The van der Waals surface area contributed by atoms with Crippen LogP contribution in [0.15, 0.2) is 24.3 Å². The van der Waals surface area contributed by atoms with Crippen molar-refractivity contribution >= 4 is 47.2 Å². The Balaban J connectivity index is 3.65. The third-order valence-electron chi connectivity index (χ3n) is 3.37. The molecule has 0 amide bonds. The molecule has 0 aliphatic heterocycles. The average molecular weight is 381 g/mol. The number of hydrogen-bond acceptors (Lipinski definition) is 0. The first kappa shape index (κ1) is 17.0. The van der Waals surface area contributed by atoms with Gasteiger partial charge < -0.3 is 0 Å². The summed E-state index contributed by atoms with van der Waals surface area (Å²) in [6.07, 6.45) is 8.29. The topological polar surface area (TPSA) is 4.93 Å². The zero-order valence-corrected chi connectivity index (χ0v) is 15.3. The number of halogens is 1. The second kappa shape index (κ2) is 7.11. The second-order valence-electron chi connectivity index (χ2n) is 5.55. The minimum atomic E-state index is 0.540. The molecule has 1 rings (SSSR count). The molecule has 20 heavy (non-hydrogen) atoms. The number of nitrogens with zero attached hydrogens (tertiary/aromatic N) is 1. The molecule has 1 nitrogen and oxygen atoms in total. The van der Waals surface area contributed by atoms with Crippen molar-refractivity contribution in [1.29, 1.82) is 0 Å². The molecule has 0 atom stereocenters. The van der Waals surface area contributed by atoms with E-state index in [4.69, 9.17) is 0 Å². The number of rotatable bonds is 5. The van der Waals surface area contributed by atoms with Gasteiger partial charge in [0.25, 0.3) is 0 Å². The summed E-state index contributed by atoms with van der Waals surface area (Å²) in [4.78, 5) is 0. The van der Waals surface area contributed by atoms with Gasteiger partial charge in [-0.25, -0.2) is 0 Å². The van der Waals surface area contributed by atoms with Crippen LogP contribution in [0.3, 0.4) is 0 Å². The van der Waals surface area contributed by atoms with Crippen molar-refractivity contribution in [2.45, 2.75) is 34.6 Å². The van der Waals surface area contributed by atoms with Gasteiger partial charge in [0.05, 0.1) is 34.3 Å². The summed E-state index contributed by atoms with van der Waals surface area (Å²) in [5, 5.41) is 0. The summed E-state index contributed by atoms with van der Waals surface area (Å²) >= 11 is 2.36. The lowest BCUT2D eigenvalue weighted by Gasteiger charge is -2.06. The van der Waals surface area contributed by atoms with Gasteiger partial charge in [0, 0.05) is 11.1 Å². The van der Waals surface area contributed by atoms with Crippen LogP contribution in [0.5, 0.6) is 0 Å². The summed E-state index contributed by atoms with van der Waals surface area (Å²) in [5.41, 5.74) is 7.31. The molecule has 0 aliphatic carbocycles. The molecule has 2 heteroatoms. The van der Waals surface area contributed by atoms with E-state index in [-0.39, 0.29) is 0 Å². The molecule has 1 heterocycles. The summed E-state index contributed by atoms with van der Waals surface area (Å²) in [7, 11) is 0. The van der Waals surface area contributed by atoms with Crippen LogP contribution in [0.2, 0.25) is 0 Å². The summed E-state index contributed by atoms with van der Waals surface area (Å²) < 4.78 is 2.20. The van der Waals surface area contributed by atoms with Crippen molar-refractivity contribution in [1.82, 2.24) is 2.78 Å². The molecule has 0 bridgehead atoms. The molecular formula is C18H24IN. The monoisotopic (exact) mass is 381 g/mol. The lowest BCUT2D eigenvalue weighted by molar-refractivity contribution is 0.775. The number of aromatic nitrogens is 1. The Hall–Kier alpha value is -1.03. The average Bonchev–Trinajstić information content (AvgIpc) is 2.62. The molecule has 1 aromatic heterocycles. The number of hydrogen-bond donors (Lipinski definition) is 0. The maximum absolute atomic E-state index is 3.97. The molecule has 0 spiro atoms. The van der Waals surface area contributed by atoms with Gasteiger partial charge in [-0.2, -0.15) is 0 Å². The normalized spacial score (nSPS) is 11.7. The summed E-state index contributed by atoms with van der Waals surface area (Å²) in [5.74, 6) is 0.540. The van der Waals surface area contributed by atoms with Gasteiger partial charge in [0.15, 0.2) is 0 Å². The smallest absolute Gasteiger partial charge is 0.0646 e. The molecule has 0 radical (unpaired) electrons. The lowest BCUT2D eigenvalue weighted by atomic mass is 10.0. The van der Waals surface area contributed by atoms with Crippen molar-refractivity contribution in [3.05, 3.63) is 46.8 Å². The molecule has 0 saturated heterocycles. The van der Waals surface area contributed by atoms with Gasteiger partial charge in [-0.15, -0.1) is 0 Å². The molecule has 0 fully saturated rings. The maximum atomic E-state index is 3.97. The van der Waals surface area contributed by atoms with Crippen molar-refractivity contribution in [2.75, 3.05) is 0 Å². The first-order valence-electron chi connectivity index (χ1n) is 6.86. The third kappa shape index (κ3) is 3.54. The Morgan fingerprint density at radius 2 is 1.45 bits per heavy atom. The molecule has 0 N–H and O–H groups in total. The molecule has 0 aliphatic rings. The highest BCUT2D eigenvalue weighted by atomic mass is 127. The highest BCUT2D eigenvalue weighted by Gasteiger charge is 2.15. The molecule has 108 valence electrons. The van der Waals surface area contributed by atoms with E-state index < -0.39 is 0 Å². The van der Waals surface area contributed by atoms with Crippen LogP contribution in [0.25, 0.3) is 24.3 Å². The van der Waals surface area contributed by atoms with E-state index >= 15 is 0 Å². The fourth-order valence-corrected chi connectivity index (χ4v) is 2.77. The van der Waals surface area contributed by atoms with Gasteiger partial charge >= 0.3 is 0 Å². The van der Waals surface area contributed by atoms with Crippen molar-refractivity contribution in [2.24, 2.45) is 5.92 Å². The Morgan fingerprint density at radius 1 is 1.00 bits per heavy atom. The van der Waals surface area contributed by atoms with Crippen molar-refractivity contribution in [3.8, 4) is 0 Å². The third-order valence-corrected chi connectivity index (χ3v) is 4.41. The van der Waals surface area contributed by atoms with Crippen LogP contribution in [0.4, 0.5) is 0 Å². The zero-order chi connectivity index (χ0) is 15.4. The second-order valence-corrected chi connectivity index (χ2v) is 6.52. The maximum Gasteiger partial charge on any atom is 0.0646 e. The van der Waals surface area contributed by atoms with E-state index in [2.05, 4.69) is 85.6 Å². The fraction of sp³-hybridized carbons (Fsp3) is 0.333. The lowest BCUT2D eigenvalue weighted by Crippen LogP contribution is -1.92. The Morgan fingerprint density at radius 3 is 1.80 bits per heavy atom. The van der Waals surface area contributed by atoms with Crippen LogP contribution in [0, 0.1) is 5.92 Å². The quantitative estimate of drug-likeness (QED) is 0.516. The molecular weight excluding hydrogens is 357 g/mol. The Bertz CT molecular complexity index is 579. The van der Waals surface area contributed by atoms with Gasteiger partial charge in [0.1, 0.15) is 0 Å². The SMILES string of the molecule is C=Cc1c(C=C)c(/C=C(\C)C(C)C)n(I)c1C=C(C)C. The largest absolute Gasteiger partial charge is 0.282 e. The summed E-state index contributed by atoms with van der Waals surface area (Å²) in [6, 6.07) is 0. The first-order chi connectivity index (χ1) is 9.33. The minimum Gasteiger partial charge on any atom is -0.282 e. The van der Waals surface area contributed by atoms with E-state index in [9.17, 15) is 0 Å². The van der Waals surface area contributed by atoms with Crippen LogP contribution in [0.1, 0.15) is 57.1 Å². The van der Waals surface area contributed by atoms with Crippen molar-refractivity contribution < 1.29 is 0 Å². The van der Waals surface area contributed by atoms with Crippen molar-refractivity contribution in [3.63, 3.8) is 0 Å². The van der Waals surface area contributed by atoms with Gasteiger partial charge in [-0.1, -0.05) is 50.3 Å². The standard InChI is InChI=1S/C18H24IN/c1-8-15-16(9-2)18(11-14(7)13(5)6)20(19)17(15)10-12(3)4/h8-11,13H,1-2H2,3-7H3/b14-11+. The van der Waals surface area contributed by atoms with Crippen LogP contribution < -0.4 is 0 Å². The zero-order valence-electron chi connectivity index (χ0n) is 13.1. The van der Waals surface area contributed by atoms with Crippen LogP contribution in [-0.2, 0) is 0 Å². The summed E-state index contributed by atoms with van der Waals surface area (Å²) in [6.45, 7) is 18.8. The number of allylic oxidation sites excluding steroid dienone is 2. The molecule has 0 aromatic carbocycles. The van der Waals surface area contributed by atoms with E-state index in [0.29, 0.717) is 5.92 Å². The highest BCUT2D eigenvalue weighted by molar-refractivity contribution is 14.1. The van der Waals surface area contributed by atoms with E-state index in [1.54, 1.807) is 0 Å². The van der Waals surface area contributed by atoms with Gasteiger partial charge in [-0.05, 0) is 38.8 Å². The highest BCUT2D eigenvalue weighted by Crippen LogP contribution is 2.31.